The summed E-state index contributed by atoms with van der Waals surface area (Å²) in [4.78, 5) is 0.191. The van der Waals surface area contributed by atoms with E-state index in [4.69, 9.17) is 11.6 Å². The number of benzene rings is 2. The number of hydrogen-bond donors (Lipinski definition) is 2. The van der Waals surface area contributed by atoms with Crippen molar-refractivity contribution in [2.75, 3.05) is 4.72 Å². The second kappa shape index (κ2) is 8.50. The van der Waals surface area contributed by atoms with Gasteiger partial charge >= 0.3 is 0 Å². The van der Waals surface area contributed by atoms with E-state index in [2.05, 4.69) is 41.1 Å². The maximum atomic E-state index is 13.1. The fourth-order valence-electron chi connectivity index (χ4n) is 3.39. The van der Waals surface area contributed by atoms with Gasteiger partial charge in [0.25, 0.3) is 10.0 Å². The monoisotopic (exact) mass is 473 g/mol. The first-order valence-corrected chi connectivity index (χ1v) is 12.5. The van der Waals surface area contributed by atoms with Crippen molar-refractivity contribution in [3.63, 3.8) is 0 Å². The molecule has 2 N–H and O–H groups in total. The molecule has 9 heteroatoms. The molecule has 1 aliphatic carbocycles. The third-order valence-electron chi connectivity index (χ3n) is 5.59. The summed E-state index contributed by atoms with van der Waals surface area (Å²) < 4.78 is 30.5. The Bertz CT molecular complexity index is 1230. The Labute approximate surface area is 194 Å². The van der Waals surface area contributed by atoms with Crippen molar-refractivity contribution in [3.8, 4) is 5.69 Å². The van der Waals surface area contributed by atoms with Crippen LogP contribution in [0.3, 0.4) is 0 Å². The number of rotatable bonds is 7. The lowest BCUT2D eigenvalue weighted by molar-refractivity contribution is 0.587. The van der Waals surface area contributed by atoms with Crippen molar-refractivity contribution in [3.05, 3.63) is 64.4 Å². The Kier molecular flexibility index (Phi) is 6.04. The van der Waals surface area contributed by atoms with Crippen molar-refractivity contribution in [2.24, 2.45) is 0 Å². The number of hydrogen-bond acceptors (Lipinski definition) is 5. The first-order valence-electron chi connectivity index (χ1n) is 10.6. The zero-order chi connectivity index (χ0) is 23.1. The van der Waals surface area contributed by atoms with Crippen LogP contribution < -0.4 is 10.0 Å². The van der Waals surface area contributed by atoms with Crippen LogP contribution in [0.15, 0.2) is 47.4 Å². The van der Waals surface area contributed by atoms with Gasteiger partial charge in [-0.15, -0.1) is 5.10 Å². The molecule has 1 aromatic heterocycles. The Morgan fingerprint density at radius 3 is 2.44 bits per heavy atom. The van der Waals surface area contributed by atoms with Crippen LogP contribution in [0.25, 0.3) is 5.69 Å². The third-order valence-corrected chi connectivity index (χ3v) is 7.21. The topological polar surface area (TPSA) is 88.9 Å². The summed E-state index contributed by atoms with van der Waals surface area (Å²) in [7, 11) is -3.81. The molecule has 2 aromatic carbocycles. The molecule has 0 atom stereocenters. The summed E-state index contributed by atoms with van der Waals surface area (Å²) >= 11 is 6.23. The minimum Gasteiger partial charge on any atom is -0.308 e. The Balaban J connectivity index is 1.64. The van der Waals surface area contributed by atoms with Gasteiger partial charge < -0.3 is 5.32 Å². The summed E-state index contributed by atoms with van der Waals surface area (Å²) in [6.45, 7) is 8.80. The van der Waals surface area contributed by atoms with Crippen molar-refractivity contribution in [2.45, 2.75) is 63.4 Å². The zero-order valence-corrected chi connectivity index (χ0v) is 20.3. The number of nitrogens with zero attached hydrogens (tertiary/aromatic N) is 3. The molecule has 1 fully saturated rings. The summed E-state index contributed by atoms with van der Waals surface area (Å²) in [5.41, 5.74) is 3.56. The molecule has 0 bridgehead atoms. The predicted octanol–water partition coefficient (Wildman–Crippen LogP) is 4.58. The molecule has 3 aromatic rings. The minimum absolute atomic E-state index is 0.0598. The number of aromatic nitrogens is 3. The average molecular weight is 474 g/mol. The molecule has 170 valence electrons. The highest BCUT2D eigenvalue weighted by molar-refractivity contribution is 7.92. The Morgan fingerprint density at radius 1 is 1.12 bits per heavy atom. The predicted molar refractivity (Wildman–Crippen MR) is 127 cm³/mol. The number of nitrogens with one attached hydrogen (secondary N) is 2. The van der Waals surface area contributed by atoms with Crippen LogP contribution >= 0.6 is 11.6 Å². The van der Waals surface area contributed by atoms with Gasteiger partial charge in [-0.25, -0.2) is 13.1 Å². The maximum Gasteiger partial charge on any atom is 0.261 e. The first-order chi connectivity index (χ1) is 15.0. The third kappa shape index (κ3) is 4.98. The molecule has 0 saturated heterocycles. The fourth-order valence-corrected chi connectivity index (χ4v) is 4.63. The van der Waals surface area contributed by atoms with Crippen LogP contribution in [0.5, 0.6) is 0 Å². The fraction of sp³-hybridized carbons (Fsp3) is 0.391. The maximum absolute atomic E-state index is 13.1. The quantitative estimate of drug-likeness (QED) is 0.524. The minimum atomic E-state index is -3.81. The molecule has 32 heavy (non-hydrogen) atoms. The van der Waals surface area contributed by atoms with Gasteiger partial charge in [-0.2, -0.15) is 0 Å². The van der Waals surface area contributed by atoms with Crippen molar-refractivity contribution >= 4 is 27.3 Å². The standard InChI is InChI=1S/C23H28ClN5O2S/c1-15-21(14-25-18-8-9-18)26-28-29(15)22-13-17(24)7-12-20(22)27-32(30,31)19-10-5-16(6-11-19)23(2,3)4/h5-7,10-13,18,25,27H,8-9,14H2,1-4H3. The van der Waals surface area contributed by atoms with Crippen molar-refractivity contribution in [1.29, 1.82) is 0 Å². The van der Waals surface area contributed by atoms with Gasteiger partial charge in [0.1, 0.15) is 0 Å². The summed E-state index contributed by atoms with van der Waals surface area (Å²) in [5, 5.41) is 12.4. The summed E-state index contributed by atoms with van der Waals surface area (Å²) in [6.07, 6.45) is 2.37. The van der Waals surface area contributed by atoms with Crippen LogP contribution in [0, 0.1) is 6.92 Å². The number of sulfonamides is 1. The lowest BCUT2D eigenvalue weighted by Gasteiger charge is -2.19. The van der Waals surface area contributed by atoms with Gasteiger partial charge in [-0.1, -0.05) is 49.7 Å². The van der Waals surface area contributed by atoms with Gasteiger partial charge in [-0.3, -0.25) is 4.72 Å². The average Bonchev–Trinajstić information content (AvgIpc) is 3.49. The molecule has 1 saturated carbocycles. The largest absolute Gasteiger partial charge is 0.308 e. The Morgan fingerprint density at radius 2 is 1.81 bits per heavy atom. The van der Waals surface area contributed by atoms with Gasteiger partial charge in [0.15, 0.2) is 0 Å². The van der Waals surface area contributed by atoms with Crippen molar-refractivity contribution in [1.82, 2.24) is 20.3 Å². The highest BCUT2D eigenvalue weighted by Gasteiger charge is 2.23. The Hall–Kier alpha value is -2.42. The smallest absolute Gasteiger partial charge is 0.261 e. The van der Waals surface area contributed by atoms with E-state index in [1.54, 1.807) is 35.0 Å². The SMILES string of the molecule is Cc1c(CNC2CC2)nnn1-c1cc(Cl)ccc1NS(=O)(=O)c1ccc(C(C)(C)C)cc1. The van der Waals surface area contributed by atoms with Gasteiger partial charge in [0.05, 0.1) is 27.7 Å². The van der Waals surface area contributed by atoms with Crippen LogP contribution in [0.4, 0.5) is 5.69 Å². The molecular formula is C23H28ClN5O2S. The molecule has 0 unspecified atom stereocenters. The second-order valence-corrected chi connectivity index (χ2v) is 11.3. The van der Waals surface area contributed by atoms with Crippen LogP contribution in [-0.4, -0.2) is 29.5 Å². The molecule has 0 amide bonds. The number of halogens is 1. The van der Waals surface area contributed by atoms with E-state index >= 15 is 0 Å². The normalized spacial score (nSPS) is 14.5. The van der Waals surface area contributed by atoms with Crippen LogP contribution in [0.1, 0.15) is 50.6 Å². The number of anilines is 1. The van der Waals surface area contributed by atoms with E-state index < -0.39 is 10.0 Å². The van der Waals surface area contributed by atoms with E-state index in [0.717, 1.165) is 17.0 Å². The molecule has 0 aliphatic heterocycles. The zero-order valence-electron chi connectivity index (χ0n) is 18.7. The lowest BCUT2D eigenvalue weighted by atomic mass is 9.87. The molecule has 0 spiro atoms. The van der Waals surface area contributed by atoms with Gasteiger partial charge in [0.2, 0.25) is 0 Å². The molecule has 7 nitrogen and oxygen atoms in total. The van der Waals surface area contributed by atoms with E-state index in [1.807, 2.05) is 19.1 Å². The van der Waals surface area contributed by atoms with Crippen molar-refractivity contribution < 1.29 is 8.42 Å². The van der Waals surface area contributed by atoms with E-state index in [1.165, 1.54) is 12.8 Å². The first kappa shape index (κ1) is 22.8. The van der Waals surface area contributed by atoms with E-state index in [0.29, 0.717) is 29.0 Å². The highest BCUT2D eigenvalue weighted by atomic mass is 35.5. The molecule has 4 rings (SSSR count). The van der Waals surface area contributed by atoms with Crippen LogP contribution in [0.2, 0.25) is 5.02 Å². The highest BCUT2D eigenvalue weighted by Crippen LogP contribution is 2.29. The summed E-state index contributed by atoms with van der Waals surface area (Å²) in [6, 6.07) is 12.5. The molecular weight excluding hydrogens is 446 g/mol. The molecule has 1 heterocycles. The molecule has 1 aliphatic rings. The van der Waals surface area contributed by atoms with E-state index in [9.17, 15) is 8.42 Å². The lowest BCUT2D eigenvalue weighted by Crippen LogP contribution is -2.17. The van der Waals surface area contributed by atoms with E-state index in [-0.39, 0.29) is 10.3 Å². The van der Waals surface area contributed by atoms with Gasteiger partial charge in [0, 0.05) is 17.6 Å². The summed E-state index contributed by atoms with van der Waals surface area (Å²) in [5.74, 6) is 0. The van der Waals surface area contributed by atoms with Gasteiger partial charge in [-0.05, 0) is 61.1 Å². The molecule has 0 radical (unpaired) electrons. The van der Waals surface area contributed by atoms with Crippen LogP contribution in [-0.2, 0) is 22.0 Å². The second-order valence-electron chi connectivity index (χ2n) is 9.23.